The quantitative estimate of drug-likeness (QED) is 0.726. The molecule has 1 aliphatic rings. The smallest absolute Gasteiger partial charge is 0.256 e. The lowest BCUT2D eigenvalue weighted by Crippen LogP contribution is -2.38. The summed E-state index contributed by atoms with van der Waals surface area (Å²) >= 11 is 0. The Balaban J connectivity index is 1.72. The Morgan fingerprint density at radius 3 is 2.57 bits per heavy atom. The van der Waals surface area contributed by atoms with Crippen LogP contribution in [-0.2, 0) is 16.6 Å². The molecule has 1 N–H and O–H groups in total. The minimum absolute atomic E-state index is 0.0312. The van der Waals surface area contributed by atoms with E-state index in [1.807, 2.05) is 0 Å². The predicted molar refractivity (Wildman–Crippen MR) is 113 cm³/mol. The monoisotopic (exact) mass is 429 g/mol. The SMILES string of the molecule is Cc1cc(NC(=O)c2ccc(S(=O)(=O)N(C)C3CCCCC3)cc2)n(CCC#N)n1. The van der Waals surface area contributed by atoms with E-state index in [9.17, 15) is 13.2 Å². The van der Waals surface area contributed by atoms with Crippen LogP contribution < -0.4 is 5.32 Å². The molecule has 1 aromatic carbocycles. The van der Waals surface area contributed by atoms with Gasteiger partial charge in [-0.05, 0) is 44.0 Å². The molecule has 1 amide bonds. The summed E-state index contributed by atoms with van der Waals surface area (Å²) in [6, 6.07) is 9.79. The lowest BCUT2D eigenvalue weighted by molar-refractivity contribution is 0.102. The standard InChI is InChI=1S/C21H27N5O3S/c1-16-15-20(26(24-16)14-6-13-22)23-21(27)17-9-11-19(12-10-17)30(28,29)25(2)18-7-4-3-5-8-18/h9-12,15,18H,3-8,14H2,1-2H3,(H,23,27). The molecule has 0 unspecified atom stereocenters. The molecule has 0 bridgehead atoms. The number of nitrogens with zero attached hydrogens (tertiary/aromatic N) is 4. The molecule has 8 nitrogen and oxygen atoms in total. The van der Waals surface area contributed by atoms with Gasteiger partial charge in [-0.2, -0.15) is 14.7 Å². The normalized spacial score (nSPS) is 15.1. The van der Waals surface area contributed by atoms with Crippen LogP contribution >= 0.6 is 0 Å². The van der Waals surface area contributed by atoms with E-state index in [4.69, 9.17) is 5.26 Å². The van der Waals surface area contributed by atoms with Crippen LogP contribution in [0.5, 0.6) is 0 Å². The van der Waals surface area contributed by atoms with Crippen LogP contribution in [0.4, 0.5) is 5.82 Å². The number of hydrogen-bond donors (Lipinski definition) is 1. The van der Waals surface area contributed by atoms with Gasteiger partial charge in [0.25, 0.3) is 5.91 Å². The highest BCUT2D eigenvalue weighted by atomic mass is 32.2. The number of carbonyl (C=O) groups excluding carboxylic acids is 1. The second-order valence-corrected chi connectivity index (χ2v) is 9.59. The average Bonchev–Trinajstić information content (AvgIpc) is 3.11. The third-order valence-corrected chi connectivity index (χ3v) is 7.39. The van der Waals surface area contributed by atoms with Crippen molar-refractivity contribution in [2.75, 3.05) is 12.4 Å². The van der Waals surface area contributed by atoms with Gasteiger partial charge in [-0.15, -0.1) is 0 Å². The van der Waals surface area contributed by atoms with Crippen molar-refractivity contribution in [2.24, 2.45) is 0 Å². The third kappa shape index (κ3) is 4.89. The van der Waals surface area contributed by atoms with Gasteiger partial charge >= 0.3 is 0 Å². The highest BCUT2D eigenvalue weighted by Crippen LogP contribution is 2.26. The van der Waals surface area contributed by atoms with Crippen LogP contribution in [0.3, 0.4) is 0 Å². The zero-order chi connectivity index (χ0) is 21.7. The van der Waals surface area contributed by atoms with Crippen LogP contribution in [0.25, 0.3) is 0 Å². The number of amides is 1. The first-order chi connectivity index (χ1) is 14.3. The third-order valence-electron chi connectivity index (χ3n) is 5.46. The molecule has 160 valence electrons. The fourth-order valence-electron chi connectivity index (χ4n) is 3.75. The second-order valence-electron chi connectivity index (χ2n) is 7.59. The highest BCUT2D eigenvalue weighted by molar-refractivity contribution is 7.89. The Hall–Kier alpha value is -2.70. The van der Waals surface area contributed by atoms with E-state index in [-0.39, 0.29) is 23.3 Å². The molecule has 9 heteroatoms. The van der Waals surface area contributed by atoms with Crippen molar-refractivity contribution in [3.05, 3.63) is 41.6 Å². The van der Waals surface area contributed by atoms with Crippen molar-refractivity contribution in [1.82, 2.24) is 14.1 Å². The van der Waals surface area contributed by atoms with E-state index >= 15 is 0 Å². The molecular formula is C21H27N5O3S. The number of anilines is 1. The first kappa shape index (κ1) is 22.0. The first-order valence-electron chi connectivity index (χ1n) is 10.1. The lowest BCUT2D eigenvalue weighted by Gasteiger charge is -2.30. The number of carbonyl (C=O) groups is 1. The minimum atomic E-state index is -3.60. The summed E-state index contributed by atoms with van der Waals surface area (Å²) in [7, 11) is -1.96. The molecule has 1 fully saturated rings. The van der Waals surface area contributed by atoms with Gasteiger partial charge in [0.15, 0.2) is 0 Å². The van der Waals surface area contributed by atoms with Gasteiger partial charge in [0, 0.05) is 24.7 Å². The molecule has 1 aliphatic carbocycles. The number of aromatic nitrogens is 2. The minimum Gasteiger partial charge on any atom is -0.307 e. The molecule has 1 heterocycles. The molecule has 0 spiro atoms. The number of nitriles is 1. The van der Waals surface area contributed by atoms with Gasteiger partial charge in [0.1, 0.15) is 5.82 Å². The van der Waals surface area contributed by atoms with E-state index in [1.165, 1.54) is 28.6 Å². The number of rotatable bonds is 7. The molecule has 0 atom stereocenters. The van der Waals surface area contributed by atoms with E-state index in [2.05, 4.69) is 16.5 Å². The van der Waals surface area contributed by atoms with Crippen molar-refractivity contribution in [3.63, 3.8) is 0 Å². The molecular weight excluding hydrogens is 402 g/mol. The van der Waals surface area contributed by atoms with Crippen molar-refractivity contribution in [2.45, 2.75) is 62.9 Å². The topological polar surface area (TPSA) is 108 Å². The van der Waals surface area contributed by atoms with Crippen LogP contribution in [0.2, 0.25) is 0 Å². The van der Waals surface area contributed by atoms with Gasteiger partial charge < -0.3 is 5.32 Å². The Labute approximate surface area is 177 Å². The first-order valence-corrected chi connectivity index (χ1v) is 11.6. The zero-order valence-corrected chi connectivity index (χ0v) is 18.2. The van der Waals surface area contributed by atoms with E-state index in [1.54, 1.807) is 24.7 Å². The zero-order valence-electron chi connectivity index (χ0n) is 17.3. The second kappa shape index (κ2) is 9.41. The molecule has 0 aliphatic heterocycles. The fourth-order valence-corrected chi connectivity index (χ4v) is 5.16. The van der Waals surface area contributed by atoms with Gasteiger partial charge in [0.05, 0.1) is 29.6 Å². The van der Waals surface area contributed by atoms with Crippen molar-refractivity contribution in [3.8, 4) is 6.07 Å². The van der Waals surface area contributed by atoms with Crippen molar-refractivity contribution >= 4 is 21.7 Å². The molecule has 30 heavy (non-hydrogen) atoms. The maximum absolute atomic E-state index is 12.9. The molecule has 2 aromatic rings. The summed E-state index contributed by atoms with van der Waals surface area (Å²) in [6.07, 6.45) is 5.31. The summed E-state index contributed by atoms with van der Waals surface area (Å²) in [5, 5.41) is 15.8. The summed E-state index contributed by atoms with van der Waals surface area (Å²) < 4.78 is 28.9. The van der Waals surface area contributed by atoms with Crippen LogP contribution in [0, 0.1) is 18.3 Å². The summed E-state index contributed by atoms with van der Waals surface area (Å²) in [5.41, 5.74) is 1.08. The maximum atomic E-state index is 12.9. The van der Waals surface area contributed by atoms with Crippen molar-refractivity contribution in [1.29, 1.82) is 5.26 Å². The summed E-state index contributed by atoms with van der Waals surface area (Å²) in [4.78, 5) is 12.8. The van der Waals surface area contributed by atoms with Gasteiger partial charge in [-0.25, -0.2) is 13.1 Å². The number of hydrogen-bond acceptors (Lipinski definition) is 5. The molecule has 1 aromatic heterocycles. The van der Waals surface area contributed by atoms with E-state index in [0.29, 0.717) is 17.9 Å². The predicted octanol–water partition coefficient (Wildman–Crippen LogP) is 3.31. The maximum Gasteiger partial charge on any atom is 0.256 e. The Bertz CT molecular complexity index is 1030. The largest absolute Gasteiger partial charge is 0.307 e. The number of aryl methyl sites for hydroxylation is 2. The Morgan fingerprint density at radius 1 is 1.27 bits per heavy atom. The van der Waals surface area contributed by atoms with Crippen LogP contribution in [-0.4, -0.2) is 41.5 Å². The molecule has 3 rings (SSSR count). The van der Waals surface area contributed by atoms with Crippen LogP contribution in [0.1, 0.15) is 54.6 Å². The highest BCUT2D eigenvalue weighted by Gasteiger charge is 2.29. The number of nitrogens with one attached hydrogen (secondary N) is 1. The summed E-state index contributed by atoms with van der Waals surface area (Å²) in [6.45, 7) is 2.19. The molecule has 1 saturated carbocycles. The van der Waals surface area contributed by atoms with E-state index < -0.39 is 10.0 Å². The van der Waals surface area contributed by atoms with E-state index in [0.717, 1.165) is 37.8 Å². The van der Waals surface area contributed by atoms with Gasteiger partial charge in [-0.1, -0.05) is 19.3 Å². The Kier molecular flexibility index (Phi) is 6.90. The Morgan fingerprint density at radius 2 is 1.93 bits per heavy atom. The lowest BCUT2D eigenvalue weighted by atomic mass is 9.96. The summed E-state index contributed by atoms with van der Waals surface area (Å²) in [5.74, 6) is 0.138. The van der Waals surface area contributed by atoms with Crippen LogP contribution in [0.15, 0.2) is 35.2 Å². The molecule has 0 saturated heterocycles. The van der Waals surface area contributed by atoms with Gasteiger partial charge in [-0.3, -0.25) is 4.79 Å². The van der Waals surface area contributed by atoms with Gasteiger partial charge in [0.2, 0.25) is 10.0 Å². The fraction of sp³-hybridized carbons (Fsp3) is 0.476. The number of benzene rings is 1. The average molecular weight is 430 g/mol. The number of sulfonamides is 1. The van der Waals surface area contributed by atoms with Crippen molar-refractivity contribution < 1.29 is 13.2 Å². The molecule has 0 radical (unpaired) electrons.